The summed E-state index contributed by atoms with van der Waals surface area (Å²) in [7, 11) is 0. The number of aliphatic hydroxyl groups is 1. The molecule has 26 heavy (non-hydrogen) atoms. The standard InChI is InChI=1S/C13H22N4O8S/c1-5(14)10(21)15-6(2-9(19)20)11(22)16-7(3-18)12(23)17-8(4-26)13(24)25/h5-8,18,26H,2-4,14H2,1H3,(H,15,21)(H,16,22)(H,17,23)(H,19,20)(H,24,25). The summed E-state index contributed by atoms with van der Waals surface area (Å²) in [6.07, 6.45) is -0.793. The zero-order valence-corrected chi connectivity index (χ0v) is 14.7. The molecule has 4 atom stereocenters. The summed E-state index contributed by atoms with van der Waals surface area (Å²) < 4.78 is 0. The van der Waals surface area contributed by atoms with E-state index in [9.17, 15) is 29.1 Å². The van der Waals surface area contributed by atoms with E-state index >= 15 is 0 Å². The molecule has 0 aliphatic carbocycles. The average Bonchev–Trinajstić information content (AvgIpc) is 2.55. The van der Waals surface area contributed by atoms with Crippen molar-refractivity contribution in [1.29, 1.82) is 0 Å². The minimum Gasteiger partial charge on any atom is -0.481 e. The van der Waals surface area contributed by atoms with Gasteiger partial charge in [-0.1, -0.05) is 0 Å². The second-order valence-electron chi connectivity index (χ2n) is 5.27. The van der Waals surface area contributed by atoms with Crippen LogP contribution >= 0.6 is 12.6 Å². The molecule has 4 unspecified atom stereocenters. The largest absolute Gasteiger partial charge is 0.481 e. The molecule has 0 aromatic carbocycles. The Morgan fingerprint density at radius 2 is 1.38 bits per heavy atom. The van der Waals surface area contributed by atoms with Crippen LogP contribution in [0.5, 0.6) is 0 Å². The van der Waals surface area contributed by atoms with Gasteiger partial charge in [0.1, 0.15) is 18.1 Å². The highest BCUT2D eigenvalue weighted by Crippen LogP contribution is 1.97. The molecule has 13 heteroatoms. The molecule has 0 fully saturated rings. The van der Waals surface area contributed by atoms with E-state index in [1.165, 1.54) is 6.92 Å². The molecule has 0 saturated heterocycles. The van der Waals surface area contributed by atoms with Crippen LogP contribution in [-0.2, 0) is 24.0 Å². The molecule has 0 bridgehead atoms. The first kappa shape index (κ1) is 23.6. The van der Waals surface area contributed by atoms with E-state index in [4.69, 9.17) is 15.9 Å². The number of rotatable bonds is 11. The Hall–Kier alpha value is -2.38. The van der Waals surface area contributed by atoms with Gasteiger partial charge in [0.15, 0.2) is 0 Å². The van der Waals surface area contributed by atoms with Crippen molar-refractivity contribution in [2.45, 2.75) is 37.5 Å². The normalized spacial score (nSPS) is 15.1. The maximum absolute atomic E-state index is 12.1. The van der Waals surface area contributed by atoms with Crippen LogP contribution in [0.2, 0.25) is 0 Å². The predicted molar refractivity (Wildman–Crippen MR) is 90.3 cm³/mol. The second kappa shape index (κ2) is 11.3. The molecule has 0 saturated carbocycles. The van der Waals surface area contributed by atoms with Gasteiger partial charge in [0.05, 0.1) is 19.1 Å². The van der Waals surface area contributed by atoms with Crippen molar-refractivity contribution in [1.82, 2.24) is 16.0 Å². The molecule has 0 rings (SSSR count). The van der Waals surface area contributed by atoms with Gasteiger partial charge in [-0.3, -0.25) is 19.2 Å². The highest BCUT2D eigenvalue weighted by Gasteiger charge is 2.30. The number of aliphatic carboxylic acids is 2. The number of carboxylic acids is 2. The van der Waals surface area contributed by atoms with E-state index in [-0.39, 0.29) is 5.75 Å². The summed E-state index contributed by atoms with van der Waals surface area (Å²) in [5, 5.41) is 33.1. The van der Waals surface area contributed by atoms with Crippen LogP contribution in [0, 0.1) is 0 Å². The number of thiol groups is 1. The van der Waals surface area contributed by atoms with Crippen LogP contribution in [0.4, 0.5) is 0 Å². The molecule has 148 valence electrons. The van der Waals surface area contributed by atoms with Crippen LogP contribution in [-0.4, -0.2) is 81.5 Å². The van der Waals surface area contributed by atoms with Gasteiger partial charge in [0, 0.05) is 5.75 Å². The van der Waals surface area contributed by atoms with E-state index in [2.05, 4.69) is 17.9 Å². The molecular formula is C13H22N4O8S. The van der Waals surface area contributed by atoms with Crippen molar-refractivity contribution >= 4 is 42.3 Å². The summed E-state index contributed by atoms with van der Waals surface area (Å²) in [6, 6.07) is -5.48. The average molecular weight is 394 g/mol. The van der Waals surface area contributed by atoms with E-state index in [0.717, 1.165) is 0 Å². The Labute approximate surface area is 153 Å². The minimum atomic E-state index is -1.56. The van der Waals surface area contributed by atoms with Crippen molar-refractivity contribution in [3.05, 3.63) is 0 Å². The van der Waals surface area contributed by atoms with Gasteiger partial charge in [-0.15, -0.1) is 0 Å². The van der Waals surface area contributed by atoms with Crippen molar-refractivity contribution in [3.63, 3.8) is 0 Å². The third-order valence-corrected chi connectivity index (χ3v) is 3.40. The van der Waals surface area contributed by atoms with Gasteiger partial charge >= 0.3 is 11.9 Å². The van der Waals surface area contributed by atoms with Gasteiger partial charge in [-0.25, -0.2) is 4.79 Å². The van der Waals surface area contributed by atoms with E-state index in [1.54, 1.807) is 0 Å². The molecule has 0 aliphatic heterocycles. The lowest BCUT2D eigenvalue weighted by molar-refractivity contribution is -0.143. The molecule has 0 aromatic rings. The maximum atomic E-state index is 12.1. The number of carboxylic acid groups (broad SMARTS) is 2. The van der Waals surface area contributed by atoms with Crippen molar-refractivity contribution in [2.24, 2.45) is 5.73 Å². The number of aliphatic hydroxyl groups excluding tert-OH is 1. The van der Waals surface area contributed by atoms with Gasteiger partial charge in [-0.2, -0.15) is 12.6 Å². The quantitative estimate of drug-likeness (QED) is 0.162. The van der Waals surface area contributed by atoms with E-state index < -0.39 is 66.9 Å². The number of amides is 3. The highest BCUT2D eigenvalue weighted by molar-refractivity contribution is 7.80. The Bertz CT molecular complexity index is 556. The Kier molecular flexibility index (Phi) is 10.2. The lowest BCUT2D eigenvalue weighted by Crippen LogP contribution is -2.58. The monoisotopic (exact) mass is 394 g/mol. The maximum Gasteiger partial charge on any atom is 0.327 e. The predicted octanol–water partition coefficient (Wildman–Crippen LogP) is -3.73. The number of nitrogens with one attached hydrogen (secondary N) is 3. The molecule has 8 N–H and O–H groups in total. The van der Waals surface area contributed by atoms with E-state index in [1.807, 2.05) is 10.6 Å². The lowest BCUT2D eigenvalue weighted by Gasteiger charge is -2.22. The van der Waals surface area contributed by atoms with Crippen LogP contribution < -0.4 is 21.7 Å². The fourth-order valence-electron chi connectivity index (χ4n) is 1.61. The van der Waals surface area contributed by atoms with Crippen LogP contribution in [0.15, 0.2) is 0 Å². The van der Waals surface area contributed by atoms with Crippen molar-refractivity contribution in [3.8, 4) is 0 Å². The number of nitrogens with two attached hydrogens (primary N) is 1. The zero-order valence-electron chi connectivity index (χ0n) is 13.8. The summed E-state index contributed by atoms with van der Waals surface area (Å²) in [4.78, 5) is 57.4. The molecule has 0 aromatic heterocycles. The molecular weight excluding hydrogens is 372 g/mol. The Balaban J connectivity index is 5.09. The first-order chi connectivity index (χ1) is 12.0. The number of carbonyl (C=O) groups is 5. The second-order valence-corrected chi connectivity index (χ2v) is 5.64. The van der Waals surface area contributed by atoms with Gasteiger partial charge < -0.3 is 37.0 Å². The Morgan fingerprint density at radius 1 is 0.923 bits per heavy atom. The third kappa shape index (κ3) is 8.13. The summed E-state index contributed by atoms with van der Waals surface area (Å²) in [6.45, 7) is 0.427. The summed E-state index contributed by atoms with van der Waals surface area (Å²) in [5.41, 5.74) is 5.33. The van der Waals surface area contributed by atoms with Gasteiger partial charge in [0.2, 0.25) is 17.7 Å². The van der Waals surface area contributed by atoms with Crippen molar-refractivity contribution < 1.29 is 39.3 Å². The van der Waals surface area contributed by atoms with Crippen LogP contribution in [0.1, 0.15) is 13.3 Å². The van der Waals surface area contributed by atoms with Crippen molar-refractivity contribution in [2.75, 3.05) is 12.4 Å². The molecule has 3 amide bonds. The topological polar surface area (TPSA) is 208 Å². The highest BCUT2D eigenvalue weighted by atomic mass is 32.1. The summed E-state index contributed by atoms with van der Waals surface area (Å²) >= 11 is 3.75. The summed E-state index contributed by atoms with van der Waals surface area (Å²) in [5.74, 6) is -5.88. The SMILES string of the molecule is CC(N)C(=O)NC(CC(=O)O)C(=O)NC(CO)C(=O)NC(CS)C(=O)O. The van der Waals surface area contributed by atoms with Crippen LogP contribution in [0.25, 0.3) is 0 Å². The van der Waals surface area contributed by atoms with Gasteiger partial charge in [0.25, 0.3) is 0 Å². The molecule has 0 heterocycles. The molecule has 0 radical (unpaired) electrons. The van der Waals surface area contributed by atoms with Crippen LogP contribution in [0.3, 0.4) is 0 Å². The Morgan fingerprint density at radius 3 is 1.77 bits per heavy atom. The van der Waals surface area contributed by atoms with E-state index in [0.29, 0.717) is 0 Å². The minimum absolute atomic E-state index is 0.237. The number of carbonyl (C=O) groups excluding carboxylic acids is 3. The fraction of sp³-hybridized carbons (Fsp3) is 0.615. The smallest absolute Gasteiger partial charge is 0.327 e. The fourth-order valence-corrected chi connectivity index (χ4v) is 1.86. The van der Waals surface area contributed by atoms with Gasteiger partial charge in [-0.05, 0) is 6.92 Å². The zero-order chi connectivity index (χ0) is 20.4. The first-order valence-corrected chi connectivity index (χ1v) is 7.99. The molecule has 12 nitrogen and oxygen atoms in total. The first-order valence-electron chi connectivity index (χ1n) is 7.36. The molecule has 0 aliphatic rings. The number of hydrogen-bond acceptors (Lipinski definition) is 8. The third-order valence-electron chi connectivity index (χ3n) is 3.04. The molecule has 0 spiro atoms. The number of hydrogen-bond donors (Lipinski definition) is 8. The lowest BCUT2D eigenvalue weighted by atomic mass is 10.1.